The molecule has 8 heteroatoms. The Bertz CT molecular complexity index is 1280. The van der Waals surface area contributed by atoms with Crippen LogP contribution >= 0.6 is 11.3 Å². The molecule has 1 atom stereocenters. The number of nitrogens with one attached hydrogen (secondary N) is 1. The number of hydrogen-bond donors (Lipinski definition) is 2. The molecule has 0 amide bonds. The number of hydrogen-bond acceptors (Lipinski definition) is 7. The highest BCUT2D eigenvalue weighted by Gasteiger charge is 2.47. The van der Waals surface area contributed by atoms with Gasteiger partial charge in [0.05, 0.1) is 26.3 Å². The Balaban J connectivity index is 1.37. The highest BCUT2D eigenvalue weighted by molar-refractivity contribution is 7.09. The van der Waals surface area contributed by atoms with Gasteiger partial charge in [-0.2, -0.15) is 0 Å². The van der Waals surface area contributed by atoms with Crippen LogP contribution in [0.2, 0.25) is 0 Å². The van der Waals surface area contributed by atoms with Crippen LogP contribution in [0.25, 0.3) is 10.9 Å². The Hall–Kier alpha value is -2.78. The van der Waals surface area contributed by atoms with Crippen molar-refractivity contribution in [1.29, 1.82) is 0 Å². The molecule has 0 radical (unpaired) electrons. The number of benzene rings is 1. The molecule has 2 aliphatic heterocycles. The zero-order chi connectivity index (χ0) is 23.8. The third-order valence-electron chi connectivity index (χ3n) is 7.78. The highest BCUT2D eigenvalue weighted by atomic mass is 32.1. The van der Waals surface area contributed by atoms with E-state index < -0.39 is 0 Å². The summed E-state index contributed by atoms with van der Waals surface area (Å²) in [5.41, 5.74) is 4.92. The maximum absolute atomic E-state index is 10.5. The SMILES string of the molecule is COc1ccc2c3c([nH]c2c1)[C@@H](CO)N(Cc1nccs1)CC31CCN(Cc2cccnc2)CC1. The summed E-state index contributed by atoms with van der Waals surface area (Å²) >= 11 is 1.68. The van der Waals surface area contributed by atoms with Gasteiger partial charge in [0.1, 0.15) is 10.8 Å². The van der Waals surface area contributed by atoms with Crippen LogP contribution in [-0.2, 0) is 18.5 Å². The van der Waals surface area contributed by atoms with E-state index >= 15 is 0 Å². The number of aromatic nitrogens is 3. The fourth-order valence-corrected chi connectivity index (χ4v) is 6.72. The number of thiazole rings is 1. The molecule has 0 unspecified atom stereocenters. The molecule has 0 saturated carbocycles. The largest absolute Gasteiger partial charge is 0.497 e. The second-order valence-corrected chi connectivity index (χ2v) is 10.8. The minimum absolute atomic E-state index is 0.0243. The van der Waals surface area contributed by atoms with Crippen LogP contribution in [0, 0.1) is 0 Å². The van der Waals surface area contributed by atoms with E-state index in [4.69, 9.17) is 4.74 Å². The maximum atomic E-state index is 10.5. The second-order valence-electron chi connectivity index (χ2n) is 9.77. The van der Waals surface area contributed by atoms with Crippen molar-refractivity contribution in [2.24, 2.45) is 0 Å². The summed E-state index contributed by atoms with van der Waals surface area (Å²) in [6, 6.07) is 10.4. The van der Waals surface area contributed by atoms with Gasteiger partial charge in [0, 0.05) is 65.1 Å². The van der Waals surface area contributed by atoms with Gasteiger partial charge in [-0.1, -0.05) is 6.07 Å². The lowest BCUT2D eigenvalue weighted by atomic mass is 9.68. The van der Waals surface area contributed by atoms with Gasteiger partial charge in [0.15, 0.2) is 0 Å². The number of fused-ring (bicyclic) bond motifs is 4. The molecule has 182 valence electrons. The van der Waals surface area contributed by atoms with E-state index in [1.807, 2.05) is 30.0 Å². The number of aromatic amines is 1. The van der Waals surface area contributed by atoms with Gasteiger partial charge in [0.2, 0.25) is 0 Å². The van der Waals surface area contributed by atoms with Crippen molar-refractivity contribution in [3.05, 3.63) is 76.1 Å². The lowest BCUT2D eigenvalue weighted by molar-refractivity contribution is 0.0419. The number of H-pyrrole nitrogens is 1. The van der Waals surface area contributed by atoms with E-state index in [9.17, 15) is 5.11 Å². The second kappa shape index (κ2) is 9.35. The molecule has 0 bridgehead atoms. The first kappa shape index (κ1) is 22.7. The van der Waals surface area contributed by atoms with E-state index in [0.717, 1.165) is 67.5 Å². The van der Waals surface area contributed by atoms with Crippen molar-refractivity contribution in [2.75, 3.05) is 33.4 Å². The topological polar surface area (TPSA) is 77.5 Å². The van der Waals surface area contributed by atoms with E-state index in [2.05, 4.69) is 49.0 Å². The van der Waals surface area contributed by atoms with E-state index in [-0.39, 0.29) is 18.1 Å². The Labute approximate surface area is 209 Å². The van der Waals surface area contributed by atoms with E-state index in [1.54, 1.807) is 18.4 Å². The third kappa shape index (κ3) is 4.14. The third-order valence-corrected chi connectivity index (χ3v) is 8.55. The van der Waals surface area contributed by atoms with Crippen molar-refractivity contribution in [3.8, 4) is 5.75 Å². The van der Waals surface area contributed by atoms with Crippen molar-refractivity contribution >= 4 is 22.2 Å². The minimum atomic E-state index is -0.0775. The Morgan fingerprint density at radius 2 is 2.09 bits per heavy atom. The summed E-state index contributed by atoms with van der Waals surface area (Å²) in [6.45, 7) is 4.75. The summed E-state index contributed by atoms with van der Waals surface area (Å²) in [7, 11) is 1.70. The zero-order valence-corrected chi connectivity index (χ0v) is 20.8. The van der Waals surface area contributed by atoms with Crippen molar-refractivity contribution in [3.63, 3.8) is 0 Å². The molecular formula is C27H31N5O2S. The highest BCUT2D eigenvalue weighted by Crippen LogP contribution is 2.49. The molecule has 1 fully saturated rings. The van der Waals surface area contributed by atoms with Crippen LogP contribution in [0.1, 0.15) is 40.7 Å². The molecule has 3 aromatic heterocycles. The molecule has 6 rings (SSSR count). The predicted octanol–water partition coefficient (Wildman–Crippen LogP) is 4.11. The molecule has 7 nitrogen and oxygen atoms in total. The van der Waals surface area contributed by atoms with Crippen LogP contribution in [0.5, 0.6) is 5.75 Å². The number of nitrogens with zero attached hydrogens (tertiary/aromatic N) is 4. The first-order valence-electron chi connectivity index (χ1n) is 12.2. The quantitative estimate of drug-likeness (QED) is 0.425. The Kier molecular flexibility index (Phi) is 6.06. The van der Waals surface area contributed by atoms with Crippen LogP contribution in [0.4, 0.5) is 0 Å². The molecule has 0 aliphatic carbocycles. The average molecular weight is 490 g/mol. The first-order valence-corrected chi connectivity index (χ1v) is 13.1. The van der Waals surface area contributed by atoms with Gasteiger partial charge in [-0.3, -0.25) is 14.8 Å². The van der Waals surface area contributed by atoms with Crippen molar-refractivity contribution in [1.82, 2.24) is 24.8 Å². The maximum Gasteiger partial charge on any atom is 0.120 e. The van der Waals surface area contributed by atoms with Gasteiger partial charge in [-0.05, 0) is 55.3 Å². The zero-order valence-electron chi connectivity index (χ0n) is 20.0. The predicted molar refractivity (Wildman–Crippen MR) is 138 cm³/mol. The summed E-state index contributed by atoms with van der Waals surface area (Å²) in [4.78, 5) is 17.5. The lowest BCUT2D eigenvalue weighted by Gasteiger charge is -2.50. The van der Waals surface area contributed by atoms with E-state index in [1.165, 1.54) is 16.5 Å². The first-order chi connectivity index (χ1) is 17.2. The molecular weight excluding hydrogens is 458 g/mol. The molecule has 1 aromatic carbocycles. The normalized spacial score (nSPS) is 20.3. The number of ether oxygens (including phenoxy) is 1. The summed E-state index contributed by atoms with van der Waals surface area (Å²) < 4.78 is 5.51. The minimum Gasteiger partial charge on any atom is -0.497 e. The number of aliphatic hydroxyl groups excluding tert-OH is 1. The summed E-state index contributed by atoms with van der Waals surface area (Å²) in [5, 5.41) is 14.9. The van der Waals surface area contributed by atoms with Gasteiger partial charge < -0.3 is 14.8 Å². The molecule has 2 N–H and O–H groups in total. The number of pyridine rings is 1. The van der Waals surface area contributed by atoms with Gasteiger partial charge in [-0.25, -0.2) is 4.98 Å². The number of rotatable bonds is 6. The van der Waals surface area contributed by atoms with Crippen LogP contribution < -0.4 is 4.74 Å². The molecule has 4 aromatic rings. The monoisotopic (exact) mass is 489 g/mol. The van der Waals surface area contributed by atoms with Crippen LogP contribution in [0.15, 0.2) is 54.3 Å². The average Bonchev–Trinajstić information content (AvgIpc) is 3.54. The molecule has 5 heterocycles. The number of aliphatic hydroxyl groups is 1. The number of methoxy groups -OCH3 is 1. The fraction of sp³-hybridized carbons (Fsp3) is 0.407. The molecule has 35 heavy (non-hydrogen) atoms. The Morgan fingerprint density at radius 3 is 2.80 bits per heavy atom. The van der Waals surface area contributed by atoms with Crippen molar-refractivity contribution in [2.45, 2.75) is 37.4 Å². The van der Waals surface area contributed by atoms with E-state index in [0.29, 0.717) is 0 Å². The summed E-state index contributed by atoms with van der Waals surface area (Å²) in [5.74, 6) is 0.844. The molecule has 2 aliphatic rings. The van der Waals surface area contributed by atoms with Crippen molar-refractivity contribution < 1.29 is 9.84 Å². The van der Waals surface area contributed by atoms with Gasteiger partial charge in [-0.15, -0.1) is 11.3 Å². The van der Waals surface area contributed by atoms with Gasteiger partial charge >= 0.3 is 0 Å². The number of likely N-dealkylation sites (tertiary alicyclic amines) is 1. The van der Waals surface area contributed by atoms with Crippen LogP contribution in [0.3, 0.4) is 0 Å². The molecule has 1 saturated heterocycles. The number of piperidine rings is 1. The van der Waals surface area contributed by atoms with Gasteiger partial charge in [0.25, 0.3) is 0 Å². The lowest BCUT2D eigenvalue weighted by Crippen LogP contribution is -2.53. The van der Waals surface area contributed by atoms with Crippen LogP contribution in [-0.4, -0.2) is 63.2 Å². The smallest absolute Gasteiger partial charge is 0.120 e. The molecule has 1 spiro atoms. The standard InChI is InChI=1S/C27H31N5O2S/c1-34-20-4-5-21-22(13-20)30-26-23(17-33)32(16-24-29-9-12-35-24)18-27(25(21)26)6-10-31(11-7-27)15-19-3-2-8-28-14-19/h2-5,8-9,12-14,23,30,33H,6-7,10-11,15-18H2,1H3/t23-/m1/s1. The Morgan fingerprint density at radius 1 is 1.20 bits per heavy atom. The summed E-state index contributed by atoms with van der Waals surface area (Å²) in [6.07, 6.45) is 7.82. The fourth-order valence-electron chi connectivity index (χ4n) is 6.08.